The molecule has 0 radical (unpaired) electrons. The van der Waals surface area contributed by atoms with Crippen LogP contribution in [0.3, 0.4) is 0 Å². The summed E-state index contributed by atoms with van der Waals surface area (Å²) in [4.78, 5) is 28.1. The maximum atomic E-state index is 12.4. The monoisotopic (exact) mass is 274 g/mol. The molecular formula is C16H22N2O2. The van der Waals surface area contributed by atoms with Gasteiger partial charge in [0.2, 0.25) is 11.8 Å². The molecule has 1 unspecified atom stereocenters. The SMILES string of the molecule is CCN(CC)C(=O)C1CC(=O)N(c2ccccc2C)C1. The van der Waals surface area contributed by atoms with E-state index in [9.17, 15) is 9.59 Å². The Kier molecular flexibility index (Phi) is 4.42. The molecule has 0 aliphatic carbocycles. The molecule has 2 amide bonds. The molecule has 108 valence electrons. The Labute approximate surface area is 120 Å². The smallest absolute Gasteiger partial charge is 0.227 e. The molecule has 0 N–H and O–H groups in total. The minimum atomic E-state index is -0.206. The Morgan fingerprint density at radius 1 is 1.30 bits per heavy atom. The zero-order valence-electron chi connectivity index (χ0n) is 12.4. The van der Waals surface area contributed by atoms with Crippen LogP contribution in [0.5, 0.6) is 0 Å². The molecule has 1 atom stereocenters. The van der Waals surface area contributed by atoms with Crippen molar-refractivity contribution in [2.75, 3.05) is 24.5 Å². The predicted molar refractivity (Wildman–Crippen MR) is 79.6 cm³/mol. The number of amides is 2. The van der Waals surface area contributed by atoms with Gasteiger partial charge in [0.1, 0.15) is 0 Å². The lowest BCUT2D eigenvalue weighted by atomic mass is 10.1. The molecule has 0 saturated carbocycles. The van der Waals surface area contributed by atoms with Gasteiger partial charge in [-0.1, -0.05) is 18.2 Å². The summed E-state index contributed by atoms with van der Waals surface area (Å²) in [6.07, 6.45) is 0.323. The summed E-state index contributed by atoms with van der Waals surface area (Å²) in [6, 6.07) is 7.81. The van der Waals surface area contributed by atoms with Crippen molar-refractivity contribution in [3.8, 4) is 0 Å². The van der Waals surface area contributed by atoms with Gasteiger partial charge in [0.15, 0.2) is 0 Å². The molecule has 0 aromatic heterocycles. The highest BCUT2D eigenvalue weighted by molar-refractivity contribution is 6.00. The molecule has 1 aromatic carbocycles. The number of aryl methyl sites for hydroxylation is 1. The molecule has 1 aromatic rings. The predicted octanol–water partition coefficient (Wildman–Crippen LogP) is 2.22. The lowest BCUT2D eigenvalue weighted by Gasteiger charge is -2.23. The zero-order valence-corrected chi connectivity index (χ0v) is 12.4. The molecule has 1 heterocycles. The average Bonchev–Trinajstić information content (AvgIpc) is 2.82. The van der Waals surface area contributed by atoms with E-state index in [4.69, 9.17) is 0 Å². The summed E-state index contributed by atoms with van der Waals surface area (Å²) in [6.45, 7) is 7.82. The first-order valence-electron chi connectivity index (χ1n) is 7.23. The van der Waals surface area contributed by atoms with Gasteiger partial charge < -0.3 is 9.80 Å². The largest absolute Gasteiger partial charge is 0.343 e. The van der Waals surface area contributed by atoms with Crippen LogP contribution in [0.2, 0.25) is 0 Å². The van der Waals surface area contributed by atoms with Gasteiger partial charge in [-0.05, 0) is 32.4 Å². The third-order valence-corrected chi connectivity index (χ3v) is 3.96. The van der Waals surface area contributed by atoms with Crippen molar-refractivity contribution < 1.29 is 9.59 Å². The van der Waals surface area contributed by atoms with Gasteiger partial charge in [0.05, 0.1) is 5.92 Å². The second-order valence-electron chi connectivity index (χ2n) is 5.20. The number of para-hydroxylation sites is 1. The fourth-order valence-electron chi connectivity index (χ4n) is 2.77. The van der Waals surface area contributed by atoms with E-state index in [1.807, 2.05) is 45.0 Å². The zero-order chi connectivity index (χ0) is 14.7. The first-order chi connectivity index (χ1) is 9.58. The summed E-state index contributed by atoms with van der Waals surface area (Å²) in [7, 11) is 0. The molecule has 1 saturated heterocycles. The van der Waals surface area contributed by atoms with Gasteiger partial charge in [-0.3, -0.25) is 9.59 Å². The van der Waals surface area contributed by atoms with Gasteiger partial charge in [0, 0.05) is 31.7 Å². The van der Waals surface area contributed by atoms with E-state index in [0.717, 1.165) is 11.3 Å². The Morgan fingerprint density at radius 3 is 2.55 bits per heavy atom. The van der Waals surface area contributed by atoms with Crippen LogP contribution >= 0.6 is 0 Å². The number of carbonyl (C=O) groups is 2. The third-order valence-electron chi connectivity index (χ3n) is 3.96. The average molecular weight is 274 g/mol. The Morgan fingerprint density at radius 2 is 1.95 bits per heavy atom. The van der Waals surface area contributed by atoms with Crippen molar-refractivity contribution in [3.63, 3.8) is 0 Å². The highest BCUT2D eigenvalue weighted by Crippen LogP contribution is 2.28. The van der Waals surface area contributed by atoms with Crippen LogP contribution in [-0.2, 0) is 9.59 Å². The fourth-order valence-corrected chi connectivity index (χ4v) is 2.77. The van der Waals surface area contributed by atoms with E-state index in [-0.39, 0.29) is 17.7 Å². The van der Waals surface area contributed by atoms with Crippen molar-refractivity contribution in [1.82, 2.24) is 4.90 Å². The van der Waals surface area contributed by atoms with E-state index in [2.05, 4.69) is 0 Å². The van der Waals surface area contributed by atoms with Crippen LogP contribution in [0.15, 0.2) is 24.3 Å². The van der Waals surface area contributed by atoms with E-state index >= 15 is 0 Å². The van der Waals surface area contributed by atoms with Crippen molar-refractivity contribution in [2.24, 2.45) is 5.92 Å². The first-order valence-corrected chi connectivity index (χ1v) is 7.23. The van der Waals surface area contributed by atoms with Crippen LogP contribution in [0.4, 0.5) is 5.69 Å². The van der Waals surface area contributed by atoms with E-state index < -0.39 is 0 Å². The highest BCUT2D eigenvalue weighted by Gasteiger charge is 2.36. The first kappa shape index (κ1) is 14.6. The lowest BCUT2D eigenvalue weighted by Crippen LogP contribution is -2.37. The molecule has 0 spiro atoms. The van der Waals surface area contributed by atoms with Crippen LogP contribution < -0.4 is 4.90 Å². The second-order valence-corrected chi connectivity index (χ2v) is 5.20. The van der Waals surface area contributed by atoms with E-state index in [1.54, 1.807) is 9.80 Å². The Hall–Kier alpha value is -1.84. The summed E-state index contributed by atoms with van der Waals surface area (Å²) < 4.78 is 0. The minimum absolute atomic E-state index is 0.0461. The third kappa shape index (κ3) is 2.69. The Bertz CT molecular complexity index is 509. The molecule has 2 rings (SSSR count). The molecule has 1 aliphatic heterocycles. The number of hydrogen-bond donors (Lipinski definition) is 0. The molecule has 4 heteroatoms. The van der Waals surface area contributed by atoms with Gasteiger partial charge in [-0.2, -0.15) is 0 Å². The van der Waals surface area contributed by atoms with E-state index in [1.165, 1.54) is 0 Å². The molecule has 20 heavy (non-hydrogen) atoms. The summed E-state index contributed by atoms with van der Waals surface area (Å²) in [5.74, 6) is -0.0637. The molecule has 0 bridgehead atoms. The molecule has 4 nitrogen and oxygen atoms in total. The van der Waals surface area contributed by atoms with Crippen molar-refractivity contribution >= 4 is 17.5 Å². The van der Waals surface area contributed by atoms with Crippen LogP contribution in [0.1, 0.15) is 25.8 Å². The normalized spacial score (nSPS) is 18.4. The highest BCUT2D eigenvalue weighted by atomic mass is 16.2. The number of benzene rings is 1. The van der Waals surface area contributed by atoms with E-state index in [0.29, 0.717) is 26.1 Å². The summed E-state index contributed by atoms with van der Waals surface area (Å²) in [5, 5.41) is 0. The van der Waals surface area contributed by atoms with Crippen LogP contribution in [0, 0.1) is 12.8 Å². The summed E-state index contributed by atoms with van der Waals surface area (Å²) in [5.41, 5.74) is 1.99. The van der Waals surface area contributed by atoms with Crippen molar-refractivity contribution in [1.29, 1.82) is 0 Å². The standard InChI is InChI=1S/C16H22N2O2/c1-4-17(5-2)16(20)13-10-15(19)18(11-13)14-9-7-6-8-12(14)3/h6-9,13H,4-5,10-11H2,1-3H3. The number of hydrogen-bond acceptors (Lipinski definition) is 2. The van der Waals surface area contributed by atoms with Gasteiger partial charge in [-0.15, -0.1) is 0 Å². The van der Waals surface area contributed by atoms with Crippen molar-refractivity contribution in [3.05, 3.63) is 29.8 Å². The molecule has 1 aliphatic rings. The Balaban J connectivity index is 2.16. The number of rotatable bonds is 4. The van der Waals surface area contributed by atoms with Crippen molar-refractivity contribution in [2.45, 2.75) is 27.2 Å². The number of carbonyl (C=O) groups excluding carboxylic acids is 2. The summed E-state index contributed by atoms with van der Waals surface area (Å²) >= 11 is 0. The minimum Gasteiger partial charge on any atom is -0.343 e. The van der Waals surface area contributed by atoms with Crippen LogP contribution in [-0.4, -0.2) is 36.3 Å². The maximum absolute atomic E-state index is 12.4. The van der Waals surface area contributed by atoms with Gasteiger partial charge in [-0.25, -0.2) is 0 Å². The fraction of sp³-hybridized carbons (Fsp3) is 0.500. The van der Waals surface area contributed by atoms with Gasteiger partial charge in [0.25, 0.3) is 0 Å². The lowest BCUT2D eigenvalue weighted by molar-refractivity contribution is -0.135. The topological polar surface area (TPSA) is 40.6 Å². The molecular weight excluding hydrogens is 252 g/mol. The number of anilines is 1. The van der Waals surface area contributed by atoms with Gasteiger partial charge >= 0.3 is 0 Å². The second kappa shape index (κ2) is 6.07. The maximum Gasteiger partial charge on any atom is 0.227 e. The number of nitrogens with zero attached hydrogens (tertiary/aromatic N) is 2. The van der Waals surface area contributed by atoms with Crippen LogP contribution in [0.25, 0.3) is 0 Å². The quantitative estimate of drug-likeness (QED) is 0.844. The molecule has 1 fully saturated rings.